The predicted molar refractivity (Wildman–Crippen MR) is 60.3 cm³/mol. The van der Waals surface area contributed by atoms with Gasteiger partial charge in [0.15, 0.2) is 0 Å². The number of nitrogens with two attached hydrogens (primary N) is 1. The minimum atomic E-state index is -4.70. The summed E-state index contributed by atoms with van der Waals surface area (Å²) < 4.78 is 48.5. The maximum atomic E-state index is 12.2. The van der Waals surface area contributed by atoms with E-state index < -0.39 is 27.7 Å². The van der Waals surface area contributed by atoms with Gasteiger partial charge < -0.3 is 5.73 Å². The Morgan fingerprint density at radius 2 is 1.82 bits per heavy atom. The van der Waals surface area contributed by atoms with Crippen LogP contribution < -0.4 is 10.5 Å². The molecule has 1 unspecified atom stereocenters. The highest BCUT2D eigenvalue weighted by molar-refractivity contribution is 7.89. The van der Waals surface area contributed by atoms with E-state index in [-0.39, 0.29) is 5.92 Å². The van der Waals surface area contributed by atoms with E-state index in [0.717, 1.165) is 19.3 Å². The molecule has 1 saturated carbocycles. The Balaban J connectivity index is 2.76. The highest BCUT2D eigenvalue weighted by Crippen LogP contribution is 2.27. The molecule has 17 heavy (non-hydrogen) atoms. The quantitative estimate of drug-likeness (QED) is 0.513. The van der Waals surface area contributed by atoms with Gasteiger partial charge in [-0.05, 0) is 18.8 Å². The minimum Gasteiger partial charge on any atom is -0.386 e. The largest absolute Gasteiger partial charge is 0.386 e. The molecule has 0 saturated heterocycles. The number of halogens is 2. The molecule has 5 nitrogen and oxygen atoms in total. The van der Waals surface area contributed by atoms with Crippen LogP contribution in [0.15, 0.2) is 0 Å². The second-order valence-electron chi connectivity index (χ2n) is 4.25. The lowest BCUT2D eigenvalue weighted by atomic mass is 9.84. The first-order valence-electron chi connectivity index (χ1n) is 5.48. The van der Waals surface area contributed by atoms with Crippen LogP contribution in [0.5, 0.6) is 0 Å². The van der Waals surface area contributed by atoms with Gasteiger partial charge in [-0.15, -0.1) is 0 Å². The molecule has 1 rings (SSSR count). The maximum absolute atomic E-state index is 12.2. The molecule has 0 heterocycles. The van der Waals surface area contributed by atoms with Gasteiger partial charge in [-0.25, -0.2) is 8.42 Å². The molecule has 0 spiro atoms. The van der Waals surface area contributed by atoms with E-state index in [1.807, 2.05) is 4.72 Å². The first-order chi connectivity index (χ1) is 7.84. The van der Waals surface area contributed by atoms with Crippen molar-refractivity contribution in [1.29, 1.82) is 5.41 Å². The molecule has 8 heteroatoms. The standard InChI is InChI=1S/C9H17F2N3O2S/c10-9(11)17(15,16)14-7(8(12)13)6-4-2-1-3-5-6/h6-7,9,14H,1-5H2,(H3,12,13). The number of hydrogen-bond acceptors (Lipinski definition) is 3. The Morgan fingerprint density at radius 3 is 2.24 bits per heavy atom. The molecule has 1 aliphatic rings. The molecule has 1 atom stereocenters. The third-order valence-electron chi connectivity index (χ3n) is 2.98. The fourth-order valence-corrected chi connectivity index (χ4v) is 2.89. The Labute approximate surface area is 99.3 Å². The van der Waals surface area contributed by atoms with Crippen LogP contribution in [0.3, 0.4) is 0 Å². The fourth-order valence-electron chi connectivity index (χ4n) is 2.11. The summed E-state index contributed by atoms with van der Waals surface area (Å²) in [4.78, 5) is 0. The highest BCUT2D eigenvalue weighted by atomic mass is 32.2. The molecule has 0 aromatic heterocycles. The van der Waals surface area contributed by atoms with Gasteiger partial charge in [0, 0.05) is 0 Å². The zero-order valence-electron chi connectivity index (χ0n) is 9.33. The maximum Gasteiger partial charge on any atom is 0.350 e. The average molecular weight is 269 g/mol. The van der Waals surface area contributed by atoms with E-state index in [9.17, 15) is 17.2 Å². The monoisotopic (exact) mass is 269 g/mol. The molecular formula is C9H17F2N3O2S. The van der Waals surface area contributed by atoms with Crippen LogP contribution in [0.4, 0.5) is 8.78 Å². The van der Waals surface area contributed by atoms with Gasteiger partial charge in [0.1, 0.15) is 5.84 Å². The zero-order chi connectivity index (χ0) is 13.1. The number of nitrogens with one attached hydrogen (secondary N) is 2. The molecule has 0 aliphatic heterocycles. The lowest BCUT2D eigenvalue weighted by molar-refractivity contribution is 0.229. The Morgan fingerprint density at radius 1 is 1.29 bits per heavy atom. The van der Waals surface area contributed by atoms with E-state index in [4.69, 9.17) is 11.1 Å². The summed E-state index contributed by atoms with van der Waals surface area (Å²) in [7, 11) is -4.70. The lowest BCUT2D eigenvalue weighted by Gasteiger charge is -2.29. The SMILES string of the molecule is N=C(N)C(NS(=O)(=O)C(F)F)C1CCCCC1. The van der Waals surface area contributed by atoms with E-state index in [1.54, 1.807) is 0 Å². The van der Waals surface area contributed by atoms with Crippen LogP contribution in [0.25, 0.3) is 0 Å². The average Bonchev–Trinajstić information content (AvgIpc) is 2.26. The minimum absolute atomic E-state index is 0.158. The molecule has 0 aromatic rings. The fraction of sp³-hybridized carbons (Fsp3) is 0.889. The molecule has 0 aromatic carbocycles. The van der Waals surface area contributed by atoms with E-state index in [1.165, 1.54) is 0 Å². The van der Waals surface area contributed by atoms with Gasteiger partial charge in [-0.3, -0.25) is 5.41 Å². The molecule has 0 amide bonds. The summed E-state index contributed by atoms with van der Waals surface area (Å²) in [6.45, 7) is 0. The van der Waals surface area contributed by atoms with Gasteiger partial charge in [-0.2, -0.15) is 13.5 Å². The lowest BCUT2D eigenvalue weighted by Crippen LogP contribution is -2.50. The van der Waals surface area contributed by atoms with Gasteiger partial charge in [-0.1, -0.05) is 19.3 Å². The number of rotatable bonds is 5. The predicted octanol–water partition coefficient (Wildman–Crippen LogP) is 1.01. The van der Waals surface area contributed by atoms with Crippen molar-refractivity contribution in [3.8, 4) is 0 Å². The summed E-state index contributed by atoms with van der Waals surface area (Å²) in [5.74, 6) is -4.05. The van der Waals surface area contributed by atoms with Crippen LogP contribution >= 0.6 is 0 Å². The van der Waals surface area contributed by atoms with Crippen molar-refractivity contribution in [2.24, 2.45) is 11.7 Å². The van der Waals surface area contributed by atoms with Crippen LogP contribution in [-0.2, 0) is 10.0 Å². The summed E-state index contributed by atoms with van der Waals surface area (Å²) in [5.41, 5.74) is 5.29. The van der Waals surface area contributed by atoms with Crippen molar-refractivity contribution in [2.45, 2.75) is 43.9 Å². The van der Waals surface area contributed by atoms with Crippen LogP contribution in [0.2, 0.25) is 0 Å². The van der Waals surface area contributed by atoms with Crippen molar-refractivity contribution in [1.82, 2.24) is 4.72 Å². The van der Waals surface area contributed by atoms with E-state index >= 15 is 0 Å². The molecule has 0 bridgehead atoms. The summed E-state index contributed by atoms with van der Waals surface area (Å²) in [6, 6.07) is -1.01. The van der Waals surface area contributed by atoms with Gasteiger partial charge >= 0.3 is 5.76 Å². The zero-order valence-corrected chi connectivity index (χ0v) is 10.1. The third kappa shape index (κ3) is 3.88. The van der Waals surface area contributed by atoms with Crippen LogP contribution in [-0.4, -0.2) is 26.1 Å². The summed E-state index contributed by atoms with van der Waals surface area (Å²) in [6.07, 6.45) is 4.27. The number of hydrogen-bond donors (Lipinski definition) is 3. The highest BCUT2D eigenvalue weighted by Gasteiger charge is 2.33. The molecule has 1 fully saturated rings. The van der Waals surface area contributed by atoms with Crippen molar-refractivity contribution in [2.75, 3.05) is 0 Å². The summed E-state index contributed by atoms with van der Waals surface area (Å²) in [5, 5.41) is 7.31. The van der Waals surface area contributed by atoms with Crippen molar-refractivity contribution in [3.05, 3.63) is 0 Å². The molecule has 100 valence electrons. The van der Waals surface area contributed by atoms with E-state index in [0.29, 0.717) is 12.8 Å². The normalized spacial score (nSPS) is 20.4. The number of alkyl halides is 2. The van der Waals surface area contributed by atoms with Gasteiger partial charge in [0.05, 0.1) is 6.04 Å². The van der Waals surface area contributed by atoms with E-state index in [2.05, 4.69) is 0 Å². The second kappa shape index (κ2) is 5.72. The summed E-state index contributed by atoms with van der Waals surface area (Å²) >= 11 is 0. The van der Waals surface area contributed by atoms with Gasteiger partial charge in [0.25, 0.3) is 10.0 Å². The van der Waals surface area contributed by atoms with Crippen LogP contribution in [0.1, 0.15) is 32.1 Å². The first-order valence-corrected chi connectivity index (χ1v) is 7.02. The number of sulfonamides is 1. The number of amidine groups is 1. The first kappa shape index (κ1) is 14.3. The van der Waals surface area contributed by atoms with Crippen molar-refractivity contribution >= 4 is 15.9 Å². The van der Waals surface area contributed by atoms with Crippen molar-refractivity contribution < 1.29 is 17.2 Å². The molecule has 4 N–H and O–H groups in total. The topological polar surface area (TPSA) is 96.0 Å². The molecule has 1 aliphatic carbocycles. The van der Waals surface area contributed by atoms with Gasteiger partial charge in [0.2, 0.25) is 0 Å². The Hall–Kier alpha value is -0.760. The second-order valence-corrected chi connectivity index (χ2v) is 5.94. The Bertz CT molecular complexity index is 366. The molecule has 0 radical (unpaired) electrons. The third-order valence-corrected chi connectivity index (χ3v) is 4.03. The molecular weight excluding hydrogens is 252 g/mol. The van der Waals surface area contributed by atoms with Crippen molar-refractivity contribution in [3.63, 3.8) is 0 Å². The Kier molecular flexibility index (Phi) is 4.81. The van der Waals surface area contributed by atoms with Crippen LogP contribution in [0, 0.1) is 11.3 Å². The smallest absolute Gasteiger partial charge is 0.350 e.